The summed E-state index contributed by atoms with van der Waals surface area (Å²) in [6.07, 6.45) is 2.94. The molecule has 0 bridgehead atoms. The third-order valence-electron chi connectivity index (χ3n) is 2.95. The van der Waals surface area contributed by atoms with Crippen LogP contribution in [0.3, 0.4) is 0 Å². The van der Waals surface area contributed by atoms with E-state index in [-0.39, 0.29) is 0 Å². The van der Waals surface area contributed by atoms with Gasteiger partial charge in [-0.3, -0.25) is 4.98 Å². The summed E-state index contributed by atoms with van der Waals surface area (Å²) in [5.41, 5.74) is 7.56. The Morgan fingerprint density at radius 2 is 2.53 bits per heavy atom. The second-order valence-electron chi connectivity index (χ2n) is 4.08. The molecule has 0 saturated carbocycles. The summed E-state index contributed by atoms with van der Waals surface area (Å²) in [5, 5.41) is 0.697. The normalized spacial score (nSPS) is 20.3. The lowest BCUT2D eigenvalue weighted by Gasteiger charge is -2.34. The summed E-state index contributed by atoms with van der Waals surface area (Å²) in [6, 6.07) is 4.00. The standard InChI is InChI=1S/C12H17N3S2/c1-2-9-8-15(6-7-17-9)10-4-3-5-14-11(10)12(13)16/h3-5,9H,2,6-8H2,1H3,(H2,13,16). The molecule has 2 heterocycles. The van der Waals surface area contributed by atoms with Gasteiger partial charge in [0.05, 0.1) is 5.69 Å². The van der Waals surface area contributed by atoms with Crippen LogP contribution < -0.4 is 10.6 Å². The lowest BCUT2D eigenvalue weighted by Crippen LogP contribution is -2.38. The van der Waals surface area contributed by atoms with Crippen LogP contribution in [0, 0.1) is 0 Å². The first-order chi connectivity index (χ1) is 8.22. The molecule has 0 radical (unpaired) electrons. The lowest BCUT2D eigenvalue weighted by molar-refractivity contribution is 0.726. The number of pyridine rings is 1. The number of nitrogens with two attached hydrogens (primary N) is 1. The van der Waals surface area contributed by atoms with Crippen molar-refractivity contribution in [3.63, 3.8) is 0 Å². The van der Waals surface area contributed by atoms with Crippen LogP contribution >= 0.6 is 24.0 Å². The van der Waals surface area contributed by atoms with Gasteiger partial charge < -0.3 is 10.6 Å². The topological polar surface area (TPSA) is 42.2 Å². The predicted molar refractivity (Wildman–Crippen MR) is 78.9 cm³/mol. The molecule has 17 heavy (non-hydrogen) atoms. The van der Waals surface area contributed by atoms with E-state index in [1.165, 1.54) is 6.42 Å². The van der Waals surface area contributed by atoms with Gasteiger partial charge in [0.25, 0.3) is 0 Å². The highest BCUT2D eigenvalue weighted by Crippen LogP contribution is 2.27. The Bertz CT molecular complexity index is 408. The maximum atomic E-state index is 5.73. The minimum Gasteiger partial charge on any atom is -0.388 e. The van der Waals surface area contributed by atoms with Crippen molar-refractivity contribution in [2.24, 2.45) is 5.73 Å². The van der Waals surface area contributed by atoms with Gasteiger partial charge in [0.1, 0.15) is 10.7 Å². The quantitative estimate of drug-likeness (QED) is 0.849. The van der Waals surface area contributed by atoms with E-state index in [2.05, 4.69) is 22.9 Å². The first-order valence-corrected chi connectivity index (χ1v) is 7.29. The number of thioether (sulfide) groups is 1. The van der Waals surface area contributed by atoms with Crippen LogP contribution in [0.1, 0.15) is 19.0 Å². The molecule has 0 aromatic carbocycles. The first-order valence-electron chi connectivity index (χ1n) is 5.83. The summed E-state index contributed by atoms with van der Waals surface area (Å²) in [7, 11) is 0. The van der Waals surface area contributed by atoms with Crippen molar-refractivity contribution >= 4 is 34.7 Å². The minimum absolute atomic E-state index is 0.381. The number of nitrogens with zero attached hydrogens (tertiary/aromatic N) is 2. The second kappa shape index (κ2) is 5.69. The Morgan fingerprint density at radius 3 is 3.24 bits per heavy atom. The molecule has 3 nitrogen and oxygen atoms in total. The molecule has 2 rings (SSSR count). The zero-order valence-electron chi connectivity index (χ0n) is 9.93. The Balaban J connectivity index is 2.24. The molecule has 1 aromatic heterocycles. The summed E-state index contributed by atoms with van der Waals surface area (Å²) in [4.78, 5) is 7.02. The molecule has 1 aliphatic heterocycles. The zero-order chi connectivity index (χ0) is 12.3. The summed E-state index contributed by atoms with van der Waals surface area (Å²) < 4.78 is 0. The molecule has 1 saturated heterocycles. The number of hydrogen-bond donors (Lipinski definition) is 1. The Hall–Kier alpha value is -0.810. The molecular formula is C12H17N3S2. The van der Waals surface area contributed by atoms with E-state index in [1.54, 1.807) is 6.20 Å². The number of thiocarbonyl (C=S) groups is 1. The van der Waals surface area contributed by atoms with Gasteiger partial charge in [0, 0.05) is 30.3 Å². The van der Waals surface area contributed by atoms with Crippen LogP contribution in [-0.4, -0.2) is 34.1 Å². The van der Waals surface area contributed by atoms with E-state index in [0.29, 0.717) is 10.2 Å². The van der Waals surface area contributed by atoms with Gasteiger partial charge >= 0.3 is 0 Å². The minimum atomic E-state index is 0.381. The molecule has 1 aliphatic rings. The smallest absolute Gasteiger partial charge is 0.124 e. The van der Waals surface area contributed by atoms with Crippen LogP contribution in [0.15, 0.2) is 18.3 Å². The summed E-state index contributed by atoms with van der Waals surface area (Å²) >= 11 is 7.11. The highest BCUT2D eigenvalue weighted by molar-refractivity contribution is 8.00. The molecular weight excluding hydrogens is 250 g/mol. The van der Waals surface area contributed by atoms with Gasteiger partial charge in [-0.15, -0.1) is 0 Å². The van der Waals surface area contributed by atoms with Gasteiger partial charge in [-0.25, -0.2) is 0 Å². The van der Waals surface area contributed by atoms with Crippen molar-refractivity contribution in [3.05, 3.63) is 24.0 Å². The lowest BCUT2D eigenvalue weighted by atomic mass is 10.2. The van der Waals surface area contributed by atoms with E-state index in [0.717, 1.165) is 30.2 Å². The van der Waals surface area contributed by atoms with Crippen LogP contribution in [0.4, 0.5) is 5.69 Å². The monoisotopic (exact) mass is 267 g/mol. The molecule has 1 unspecified atom stereocenters. The molecule has 1 fully saturated rings. The van der Waals surface area contributed by atoms with Gasteiger partial charge in [-0.1, -0.05) is 19.1 Å². The SMILES string of the molecule is CCC1CN(c2cccnc2C(N)=S)CCS1. The zero-order valence-corrected chi connectivity index (χ0v) is 11.6. The van der Waals surface area contributed by atoms with Crippen LogP contribution in [0.25, 0.3) is 0 Å². The number of anilines is 1. The maximum absolute atomic E-state index is 5.73. The predicted octanol–water partition coefficient (Wildman–Crippen LogP) is 2.05. The molecule has 92 valence electrons. The highest BCUT2D eigenvalue weighted by atomic mass is 32.2. The third-order valence-corrected chi connectivity index (χ3v) is 4.52. The molecule has 5 heteroatoms. The Kier molecular flexibility index (Phi) is 4.23. The average molecular weight is 267 g/mol. The van der Waals surface area contributed by atoms with Gasteiger partial charge in [-0.2, -0.15) is 11.8 Å². The average Bonchev–Trinajstić information content (AvgIpc) is 2.39. The molecule has 0 aliphatic carbocycles. The highest BCUT2D eigenvalue weighted by Gasteiger charge is 2.21. The van der Waals surface area contributed by atoms with Crippen molar-refractivity contribution in [2.75, 3.05) is 23.7 Å². The summed E-state index contributed by atoms with van der Waals surface area (Å²) in [5.74, 6) is 1.16. The number of aromatic nitrogens is 1. The molecule has 0 amide bonds. The van der Waals surface area contributed by atoms with Crippen molar-refractivity contribution in [3.8, 4) is 0 Å². The third kappa shape index (κ3) is 2.90. The van der Waals surface area contributed by atoms with E-state index >= 15 is 0 Å². The van der Waals surface area contributed by atoms with Crippen LogP contribution in [-0.2, 0) is 0 Å². The van der Waals surface area contributed by atoms with Crippen molar-refractivity contribution in [2.45, 2.75) is 18.6 Å². The van der Waals surface area contributed by atoms with Gasteiger partial charge in [0.15, 0.2) is 0 Å². The van der Waals surface area contributed by atoms with E-state index in [4.69, 9.17) is 18.0 Å². The number of rotatable bonds is 3. The van der Waals surface area contributed by atoms with Crippen molar-refractivity contribution < 1.29 is 0 Å². The molecule has 1 atom stereocenters. The molecule has 1 aromatic rings. The van der Waals surface area contributed by atoms with E-state index in [9.17, 15) is 0 Å². The van der Waals surface area contributed by atoms with Gasteiger partial charge in [-0.05, 0) is 18.6 Å². The fourth-order valence-corrected chi connectivity index (χ4v) is 3.36. The van der Waals surface area contributed by atoms with Crippen LogP contribution in [0.2, 0.25) is 0 Å². The first kappa shape index (κ1) is 12.6. The van der Waals surface area contributed by atoms with Gasteiger partial charge in [0.2, 0.25) is 0 Å². The Labute approximate surface area is 112 Å². The van der Waals surface area contributed by atoms with Crippen molar-refractivity contribution in [1.82, 2.24) is 4.98 Å². The van der Waals surface area contributed by atoms with E-state index in [1.807, 2.05) is 17.8 Å². The Morgan fingerprint density at radius 1 is 1.71 bits per heavy atom. The van der Waals surface area contributed by atoms with Crippen LogP contribution in [0.5, 0.6) is 0 Å². The summed E-state index contributed by atoms with van der Waals surface area (Å²) in [6.45, 7) is 4.34. The van der Waals surface area contributed by atoms with E-state index < -0.39 is 0 Å². The fraction of sp³-hybridized carbons (Fsp3) is 0.500. The largest absolute Gasteiger partial charge is 0.388 e. The van der Waals surface area contributed by atoms with Crippen molar-refractivity contribution in [1.29, 1.82) is 0 Å². The number of hydrogen-bond acceptors (Lipinski definition) is 4. The second-order valence-corrected chi connectivity index (χ2v) is 5.93. The maximum Gasteiger partial charge on any atom is 0.124 e. The fourth-order valence-electron chi connectivity index (χ4n) is 2.03. The molecule has 0 spiro atoms. The molecule has 2 N–H and O–H groups in total.